The molecule has 0 bridgehead atoms. The summed E-state index contributed by atoms with van der Waals surface area (Å²) in [7, 11) is 0. The summed E-state index contributed by atoms with van der Waals surface area (Å²) in [5, 5.41) is 7.48. The predicted octanol–water partition coefficient (Wildman–Crippen LogP) is 2.26. The average Bonchev–Trinajstić information content (AvgIpc) is 3.12. The lowest BCUT2D eigenvalue weighted by Crippen LogP contribution is -2.19. The zero-order valence-electron chi connectivity index (χ0n) is 11.2. The average molecular weight is 257 g/mol. The first-order chi connectivity index (χ1) is 9.29. The summed E-state index contributed by atoms with van der Waals surface area (Å²) in [5.41, 5.74) is 2.48. The van der Waals surface area contributed by atoms with Gasteiger partial charge in [0, 0.05) is 25.4 Å². The third-order valence-electron chi connectivity index (χ3n) is 3.34. The molecule has 0 radical (unpaired) electrons. The van der Waals surface area contributed by atoms with Crippen LogP contribution in [0.4, 0.5) is 0 Å². The van der Waals surface area contributed by atoms with Crippen molar-refractivity contribution >= 4 is 0 Å². The van der Waals surface area contributed by atoms with E-state index in [1.165, 1.54) is 24.0 Å². The summed E-state index contributed by atoms with van der Waals surface area (Å²) in [6.07, 6.45) is 4.17. The van der Waals surface area contributed by atoms with Crippen LogP contribution in [0.3, 0.4) is 0 Å². The number of nitrogens with one attached hydrogen (secondary N) is 1. The van der Waals surface area contributed by atoms with E-state index < -0.39 is 0 Å². The summed E-state index contributed by atoms with van der Waals surface area (Å²) in [5.74, 6) is 1.50. The van der Waals surface area contributed by atoms with Crippen LogP contribution in [-0.4, -0.2) is 22.7 Å². The molecule has 0 aliphatic heterocycles. The number of aryl methyl sites for hydroxylation is 1. The van der Waals surface area contributed by atoms with Gasteiger partial charge in [-0.1, -0.05) is 35.0 Å². The van der Waals surface area contributed by atoms with Crippen LogP contribution < -0.4 is 5.32 Å². The third kappa shape index (κ3) is 3.64. The van der Waals surface area contributed by atoms with Gasteiger partial charge < -0.3 is 9.84 Å². The smallest absolute Gasteiger partial charge is 0.227 e. The lowest BCUT2D eigenvalue weighted by molar-refractivity contribution is 0.371. The largest absolute Gasteiger partial charge is 0.339 e. The van der Waals surface area contributed by atoms with Crippen LogP contribution in [0.5, 0.6) is 0 Å². The van der Waals surface area contributed by atoms with Gasteiger partial charge in [-0.25, -0.2) is 0 Å². The summed E-state index contributed by atoms with van der Waals surface area (Å²) < 4.78 is 5.26. The van der Waals surface area contributed by atoms with Gasteiger partial charge in [0.05, 0.1) is 0 Å². The maximum absolute atomic E-state index is 5.26. The van der Waals surface area contributed by atoms with Crippen LogP contribution in [0.15, 0.2) is 28.8 Å². The first kappa shape index (κ1) is 12.4. The molecule has 2 aromatic rings. The van der Waals surface area contributed by atoms with Crippen molar-refractivity contribution in [2.45, 2.75) is 38.6 Å². The Morgan fingerprint density at radius 3 is 2.79 bits per heavy atom. The molecule has 1 fully saturated rings. The number of nitrogens with zero attached hydrogens (tertiary/aromatic N) is 2. The van der Waals surface area contributed by atoms with Gasteiger partial charge in [0.15, 0.2) is 5.82 Å². The molecule has 1 aliphatic rings. The van der Waals surface area contributed by atoms with Crippen molar-refractivity contribution in [3.63, 3.8) is 0 Å². The Labute approximate surface area is 113 Å². The van der Waals surface area contributed by atoms with Gasteiger partial charge in [-0.15, -0.1) is 0 Å². The second-order valence-electron chi connectivity index (χ2n) is 5.25. The predicted molar refractivity (Wildman–Crippen MR) is 73.0 cm³/mol. The molecule has 0 atom stereocenters. The molecule has 4 nitrogen and oxygen atoms in total. The molecule has 0 saturated heterocycles. The summed E-state index contributed by atoms with van der Waals surface area (Å²) >= 11 is 0. The minimum atomic E-state index is 0.731. The highest BCUT2D eigenvalue weighted by Crippen LogP contribution is 2.18. The number of rotatable bonds is 6. The fraction of sp³-hybridized carbons (Fsp3) is 0.467. The van der Waals surface area contributed by atoms with E-state index in [9.17, 15) is 0 Å². The van der Waals surface area contributed by atoms with E-state index in [-0.39, 0.29) is 0 Å². The molecule has 0 amide bonds. The summed E-state index contributed by atoms with van der Waals surface area (Å²) in [6, 6.07) is 9.17. The van der Waals surface area contributed by atoms with Gasteiger partial charge in [-0.2, -0.15) is 4.98 Å². The van der Waals surface area contributed by atoms with E-state index in [4.69, 9.17) is 4.52 Å². The molecular weight excluding hydrogens is 238 g/mol. The third-order valence-corrected chi connectivity index (χ3v) is 3.34. The van der Waals surface area contributed by atoms with Crippen molar-refractivity contribution < 1.29 is 4.52 Å². The minimum Gasteiger partial charge on any atom is -0.339 e. The molecule has 1 aromatic heterocycles. The van der Waals surface area contributed by atoms with Crippen LogP contribution in [0.25, 0.3) is 0 Å². The van der Waals surface area contributed by atoms with Crippen LogP contribution in [-0.2, 0) is 12.8 Å². The second kappa shape index (κ2) is 5.53. The maximum atomic E-state index is 5.26. The van der Waals surface area contributed by atoms with Gasteiger partial charge in [0.25, 0.3) is 0 Å². The quantitative estimate of drug-likeness (QED) is 0.862. The molecule has 1 aromatic carbocycles. The first-order valence-electron chi connectivity index (χ1n) is 6.90. The van der Waals surface area contributed by atoms with Crippen LogP contribution >= 0.6 is 0 Å². The minimum absolute atomic E-state index is 0.731. The molecule has 1 aliphatic carbocycles. The van der Waals surface area contributed by atoms with Gasteiger partial charge in [-0.05, 0) is 25.3 Å². The number of benzene rings is 1. The van der Waals surface area contributed by atoms with Crippen LogP contribution in [0.1, 0.15) is 35.7 Å². The van der Waals surface area contributed by atoms with Crippen molar-refractivity contribution in [2.75, 3.05) is 6.54 Å². The Morgan fingerprint density at radius 2 is 2.05 bits per heavy atom. The van der Waals surface area contributed by atoms with E-state index in [2.05, 4.69) is 46.6 Å². The van der Waals surface area contributed by atoms with Crippen molar-refractivity contribution in [1.29, 1.82) is 0 Å². The molecule has 100 valence electrons. The van der Waals surface area contributed by atoms with E-state index in [1.54, 1.807) is 0 Å². The fourth-order valence-corrected chi connectivity index (χ4v) is 2.02. The van der Waals surface area contributed by atoms with E-state index in [0.717, 1.165) is 37.1 Å². The van der Waals surface area contributed by atoms with Crippen molar-refractivity contribution in [1.82, 2.24) is 15.5 Å². The molecule has 4 heteroatoms. The standard InChI is InChI=1S/C15H19N3O/c1-11-2-4-12(5-3-11)10-14-17-15(19-18-14)8-9-16-13-6-7-13/h2-5,13,16H,6-10H2,1H3. The van der Waals surface area contributed by atoms with E-state index in [1.807, 2.05) is 0 Å². The second-order valence-corrected chi connectivity index (χ2v) is 5.25. The zero-order chi connectivity index (χ0) is 13.1. The Morgan fingerprint density at radius 1 is 1.26 bits per heavy atom. The first-order valence-corrected chi connectivity index (χ1v) is 6.90. The Kier molecular flexibility index (Phi) is 3.60. The highest BCUT2D eigenvalue weighted by molar-refractivity contribution is 5.23. The normalized spacial score (nSPS) is 14.8. The highest BCUT2D eigenvalue weighted by Gasteiger charge is 2.20. The van der Waals surface area contributed by atoms with Gasteiger partial charge in [-0.3, -0.25) is 0 Å². The van der Waals surface area contributed by atoms with Crippen LogP contribution in [0, 0.1) is 6.92 Å². The zero-order valence-corrected chi connectivity index (χ0v) is 11.2. The summed E-state index contributed by atoms with van der Waals surface area (Å²) in [6.45, 7) is 3.01. The number of aromatic nitrogens is 2. The lowest BCUT2D eigenvalue weighted by Gasteiger charge is -1.98. The topological polar surface area (TPSA) is 51.0 Å². The fourth-order valence-electron chi connectivity index (χ4n) is 2.02. The molecule has 19 heavy (non-hydrogen) atoms. The Bertz CT molecular complexity index is 529. The SMILES string of the molecule is Cc1ccc(Cc2noc(CCNC3CC3)n2)cc1. The molecule has 3 rings (SSSR count). The molecule has 0 spiro atoms. The van der Waals surface area contributed by atoms with Gasteiger partial charge >= 0.3 is 0 Å². The summed E-state index contributed by atoms with van der Waals surface area (Å²) in [4.78, 5) is 4.43. The number of hydrogen-bond donors (Lipinski definition) is 1. The monoisotopic (exact) mass is 257 g/mol. The number of hydrogen-bond acceptors (Lipinski definition) is 4. The molecule has 0 unspecified atom stereocenters. The van der Waals surface area contributed by atoms with Gasteiger partial charge in [0.2, 0.25) is 5.89 Å². The van der Waals surface area contributed by atoms with Crippen molar-refractivity contribution in [3.05, 3.63) is 47.1 Å². The maximum Gasteiger partial charge on any atom is 0.227 e. The molecule has 1 heterocycles. The molecular formula is C15H19N3O. The van der Waals surface area contributed by atoms with Crippen molar-refractivity contribution in [2.24, 2.45) is 0 Å². The highest BCUT2D eigenvalue weighted by atomic mass is 16.5. The van der Waals surface area contributed by atoms with E-state index in [0.29, 0.717) is 0 Å². The Hall–Kier alpha value is -1.68. The Balaban J connectivity index is 1.53. The molecule has 1 saturated carbocycles. The lowest BCUT2D eigenvalue weighted by atomic mass is 10.1. The van der Waals surface area contributed by atoms with Crippen molar-refractivity contribution in [3.8, 4) is 0 Å². The molecule has 1 N–H and O–H groups in total. The van der Waals surface area contributed by atoms with Crippen LogP contribution in [0.2, 0.25) is 0 Å². The van der Waals surface area contributed by atoms with Gasteiger partial charge in [0.1, 0.15) is 0 Å². The van der Waals surface area contributed by atoms with E-state index >= 15 is 0 Å².